The van der Waals surface area contributed by atoms with Crippen LogP contribution < -0.4 is 5.32 Å². The maximum atomic E-state index is 13.7. The number of halogens is 1. The zero-order valence-electron chi connectivity index (χ0n) is 18.1. The Hall–Kier alpha value is -3.33. The van der Waals surface area contributed by atoms with Crippen LogP contribution in [0.3, 0.4) is 0 Å². The smallest absolute Gasteiger partial charge is 0.355 e. The number of carbonyl (C=O) groups excluding carboxylic acids is 2. The van der Waals surface area contributed by atoms with E-state index in [-0.39, 0.29) is 28.4 Å². The lowest BCUT2D eigenvalue weighted by atomic mass is 9.84. The number of nitrogens with one attached hydrogen (secondary N) is 1. The van der Waals surface area contributed by atoms with Crippen molar-refractivity contribution in [1.29, 1.82) is 0 Å². The first-order valence-electron chi connectivity index (χ1n) is 9.99. The molecule has 8 nitrogen and oxygen atoms in total. The van der Waals surface area contributed by atoms with E-state index in [1.54, 1.807) is 24.3 Å². The van der Waals surface area contributed by atoms with Crippen LogP contribution in [0.5, 0.6) is 0 Å². The highest BCUT2D eigenvalue weighted by Crippen LogP contribution is 2.37. The molecule has 9 heteroatoms. The molecule has 0 fully saturated rings. The average molecular weight is 496 g/mol. The Morgan fingerprint density at radius 2 is 1.72 bits per heavy atom. The number of benzene rings is 2. The first kappa shape index (κ1) is 21.9. The van der Waals surface area contributed by atoms with E-state index < -0.39 is 12.0 Å². The topological polar surface area (TPSA) is 99.0 Å². The molecule has 0 saturated heterocycles. The van der Waals surface area contributed by atoms with Gasteiger partial charge in [0.15, 0.2) is 5.78 Å². The number of aromatic nitrogens is 4. The summed E-state index contributed by atoms with van der Waals surface area (Å²) < 4.78 is 7.32. The van der Waals surface area contributed by atoms with Crippen molar-refractivity contribution in [2.45, 2.75) is 32.2 Å². The number of allylic oxidation sites excluding steroid dienone is 1. The lowest BCUT2D eigenvalue weighted by molar-refractivity contribution is -0.136. The van der Waals surface area contributed by atoms with Gasteiger partial charge in [0.25, 0.3) is 0 Å². The van der Waals surface area contributed by atoms with Crippen LogP contribution in [0.2, 0.25) is 0 Å². The maximum absolute atomic E-state index is 13.7. The highest BCUT2D eigenvalue weighted by molar-refractivity contribution is 9.10. The van der Waals surface area contributed by atoms with E-state index in [2.05, 4.69) is 57.5 Å². The average Bonchev–Trinajstić information content (AvgIpc) is 3.25. The molecule has 1 N–H and O–H groups in total. The van der Waals surface area contributed by atoms with Gasteiger partial charge in [0, 0.05) is 10.0 Å². The fourth-order valence-electron chi connectivity index (χ4n) is 3.62. The van der Waals surface area contributed by atoms with Gasteiger partial charge in [0.1, 0.15) is 11.7 Å². The van der Waals surface area contributed by atoms with Gasteiger partial charge in [0.05, 0.1) is 12.7 Å². The van der Waals surface area contributed by atoms with Crippen LogP contribution in [0.4, 0.5) is 5.95 Å². The molecule has 2 aromatic carbocycles. The number of ether oxygens (including phenoxy) is 1. The second-order valence-electron chi connectivity index (χ2n) is 8.46. The lowest BCUT2D eigenvalue weighted by Crippen LogP contribution is -2.33. The molecule has 32 heavy (non-hydrogen) atoms. The first-order chi connectivity index (χ1) is 15.2. The van der Waals surface area contributed by atoms with Crippen LogP contribution in [-0.2, 0) is 14.9 Å². The summed E-state index contributed by atoms with van der Waals surface area (Å²) >= 11 is 3.38. The zero-order valence-corrected chi connectivity index (χ0v) is 19.7. The van der Waals surface area contributed by atoms with Crippen molar-refractivity contribution in [2.24, 2.45) is 0 Å². The predicted octanol–water partition coefficient (Wildman–Crippen LogP) is 4.06. The largest absolute Gasteiger partial charge is 0.464 e. The minimum atomic E-state index is -0.708. The SMILES string of the molecule is COC(=O)C1=C(C(=O)c2ccc(Br)cc2)[C@@H](c2ccc(C(C)(C)C)cc2)n2nnnc2N1. The van der Waals surface area contributed by atoms with Gasteiger partial charge in [-0.3, -0.25) is 4.79 Å². The molecule has 1 aliphatic heterocycles. The van der Waals surface area contributed by atoms with Crippen molar-refractivity contribution >= 4 is 33.6 Å². The molecule has 2 heterocycles. The van der Waals surface area contributed by atoms with Gasteiger partial charge in [-0.2, -0.15) is 4.68 Å². The van der Waals surface area contributed by atoms with Gasteiger partial charge in [0.2, 0.25) is 5.95 Å². The molecule has 3 aromatic rings. The standard InChI is InChI=1S/C23H22BrN5O3/c1-23(2,3)15-9-5-13(6-10-15)19-17(20(30)14-7-11-16(24)12-8-14)18(21(31)32-4)25-22-26-27-28-29(19)22/h5-12,19H,1-4H3,(H,25,26,28)/t19-/m1/s1. The van der Waals surface area contributed by atoms with E-state index >= 15 is 0 Å². The normalized spacial score (nSPS) is 15.7. The third kappa shape index (κ3) is 3.95. The van der Waals surface area contributed by atoms with Crippen molar-refractivity contribution in [3.63, 3.8) is 0 Å². The molecular formula is C23H22BrN5O3. The van der Waals surface area contributed by atoms with E-state index in [0.29, 0.717) is 5.56 Å². The number of hydrogen-bond donors (Lipinski definition) is 1. The number of nitrogens with zero attached hydrogens (tertiary/aromatic N) is 4. The second kappa shape index (κ2) is 8.31. The summed E-state index contributed by atoms with van der Waals surface area (Å²) in [5.74, 6) is -0.741. The third-order valence-corrected chi connectivity index (χ3v) is 5.88. The molecule has 0 saturated carbocycles. The van der Waals surface area contributed by atoms with E-state index in [9.17, 15) is 9.59 Å². The van der Waals surface area contributed by atoms with Gasteiger partial charge in [-0.25, -0.2) is 4.79 Å². The van der Waals surface area contributed by atoms with Crippen LogP contribution in [0.1, 0.15) is 48.3 Å². The fraction of sp³-hybridized carbons (Fsp3) is 0.261. The molecule has 0 radical (unpaired) electrons. The molecule has 164 valence electrons. The van der Waals surface area contributed by atoms with Crippen molar-refractivity contribution in [1.82, 2.24) is 20.2 Å². The van der Waals surface area contributed by atoms with Gasteiger partial charge in [-0.05, 0) is 51.2 Å². The maximum Gasteiger partial charge on any atom is 0.355 e. The van der Waals surface area contributed by atoms with Crippen molar-refractivity contribution in [3.8, 4) is 0 Å². The van der Waals surface area contributed by atoms with Crippen LogP contribution in [-0.4, -0.2) is 39.1 Å². The quantitative estimate of drug-likeness (QED) is 0.430. The Morgan fingerprint density at radius 1 is 1.06 bits per heavy atom. The van der Waals surface area contributed by atoms with E-state index in [4.69, 9.17) is 4.74 Å². The first-order valence-corrected chi connectivity index (χ1v) is 10.8. The Balaban J connectivity index is 1.91. The highest BCUT2D eigenvalue weighted by atomic mass is 79.9. The number of ketones is 1. The molecule has 0 aliphatic carbocycles. The summed E-state index contributed by atoms with van der Waals surface area (Å²) in [6.07, 6.45) is 0. The number of methoxy groups -OCH3 is 1. The Kier molecular flexibility index (Phi) is 5.68. The summed E-state index contributed by atoms with van der Waals surface area (Å²) in [6, 6.07) is 14.1. The molecule has 0 spiro atoms. The van der Waals surface area contributed by atoms with Gasteiger partial charge in [-0.15, -0.1) is 0 Å². The van der Waals surface area contributed by atoms with Crippen molar-refractivity contribution < 1.29 is 14.3 Å². The van der Waals surface area contributed by atoms with E-state index in [1.165, 1.54) is 11.8 Å². The number of carbonyl (C=O) groups is 2. The Morgan fingerprint density at radius 3 is 2.31 bits per heavy atom. The van der Waals surface area contributed by atoms with Crippen LogP contribution in [0.15, 0.2) is 64.3 Å². The van der Waals surface area contributed by atoms with Crippen LogP contribution >= 0.6 is 15.9 Å². The molecule has 1 aromatic heterocycles. The molecule has 1 atom stereocenters. The lowest BCUT2D eigenvalue weighted by Gasteiger charge is -2.28. The van der Waals surface area contributed by atoms with Crippen LogP contribution in [0, 0.1) is 0 Å². The number of fused-ring (bicyclic) bond motifs is 1. The zero-order chi connectivity index (χ0) is 23.0. The van der Waals surface area contributed by atoms with E-state index in [1.807, 2.05) is 24.3 Å². The van der Waals surface area contributed by atoms with Gasteiger partial charge < -0.3 is 10.1 Å². The molecule has 4 rings (SSSR count). The molecule has 0 bridgehead atoms. The number of hydrogen-bond acceptors (Lipinski definition) is 7. The highest BCUT2D eigenvalue weighted by Gasteiger charge is 2.38. The fourth-order valence-corrected chi connectivity index (χ4v) is 3.88. The van der Waals surface area contributed by atoms with Gasteiger partial charge >= 0.3 is 5.97 Å². The molecule has 1 aliphatic rings. The second-order valence-corrected chi connectivity index (χ2v) is 9.38. The van der Waals surface area contributed by atoms with Crippen molar-refractivity contribution in [3.05, 3.63) is 81.0 Å². The minimum absolute atomic E-state index is 0.0209. The van der Waals surface area contributed by atoms with E-state index in [0.717, 1.165) is 15.6 Å². The summed E-state index contributed by atoms with van der Waals surface area (Å²) in [4.78, 5) is 26.4. The minimum Gasteiger partial charge on any atom is -0.464 e. The van der Waals surface area contributed by atoms with Gasteiger partial charge in [-0.1, -0.05) is 66.1 Å². The summed E-state index contributed by atoms with van der Waals surface area (Å²) in [5, 5.41) is 14.7. The molecule has 0 unspecified atom stereocenters. The number of Topliss-reactive ketones (excluding diaryl/α,β-unsaturated/α-hetero) is 1. The molecular weight excluding hydrogens is 474 g/mol. The summed E-state index contributed by atoms with van der Waals surface area (Å²) in [7, 11) is 1.27. The Bertz CT molecular complexity index is 1210. The molecule has 0 amide bonds. The number of anilines is 1. The Labute approximate surface area is 193 Å². The number of tetrazole rings is 1. The number of rotatable bonds is 4. The monoisotopic (exact) mass is 495 g/mol. The third-order valence-electron chi connectivity index (χ3n) is 5.35. The summed E-state index contributed by atoms with van der Waals surface area (Å²) in [6.45, 7) is 6.39. The van der Waals surface area contributed by atoms with Crippen molar-refractivity contribution in [2.75, 3.05) is 12.4 Å². The number of esters is 1. The predicted molar refractivity (Wildman–Crippen MR) is 122 cm³/mol. The summed E-state index contributed by atoms with van der Waals surface area (Å²) in [5.41, 5.74) is 2.55. The van der Waals surface area contributed by atoms with Crippen LogP contribution in [0.25, 0.3) is 0 Å².